The molecule has 2 N–H and O–H groups in total. The van der Waals surface area contributed by atoms with Crippen molar-refractivity contribution in [2.24, 2.45) is 11.7 Å². The summed E-state index contributed by atoms with van der Waals surface area (Å²) in [5.41, 5.74) is 6.27. The maximum Gasteiger partial charge on any atom is 0.232 e. The number of aromatic nitrogens is 2. The third-order valence-electron chi connectivity index (χ3n) is 1.91. The molecule has 0 fully saturated rings. The molecule has 0 aromatic carbocycles. The normalized spacial score (nSPS) is 10.9. The van der Waals surface area contributed by atoms with Gasteiger partial charge in [-0.05, 0) is 12.5 Å². The van der Waals surface area contributed by atoms with Crippen LogP contribution in [-0.2, 0) is 6.42 Å². The fraction of sp³-hybridized carbons (Fsp3) is 0.600. The van der Waals surface area contributed by atoms with E-state index in [1.165, 1.54) is 0 Å². The van der Waals surface area contributed by atoms with Gasteiger partial charge < -0.3 is 5.73 Å². The Kier molecular flexibility index (Phi) is 3.83. The molecule has 0 unspecified atom stereocenters. The zero-order valence-electron chi connectivity index (χ0n) is 8.73. The number of carbonyl (C=O) groups is 1. The van der Waals surface area contributed by atoms with Gasteiger partial charge in [-0.2, -0.15) is 0 Å². The molecule has 14 heavy (non-hydrogen) atoms. The van der Waals surface area contributed by atoms with Crippen molar-refractivity contribution in [1.82, 2.24) is 9.55 Å². The Balaban J connectivity index is 2.62. The number of hydrogen-bond donors (Lipinski definition) is 1. The van der Waals surface area contributed by atoms with Crippen molar-refractivity contribution in [3.05, 3.63) is 18.2 Å². The van der Waals surface area contributed by atoms with E-state index in [0.29, 0.717) is 18.9 Å². The summed E-state index contributed by atoms with van der Waals surface area (Å²) in [7, 11) is 0. The molecule has 0 radical (unpaired) electrons. The molecule has 0 saturated heterocycles. The number of nitrogens with two attached hydrogens (primary N) is 1. The van der Waals surface area contributed by atoms with Gasteiger partial charge >= 0.3 is 0 Å². The van der Waals surface area contributed by atoms with Crippen LogP contribution in [0, 0.1) is 5.92 Å². The average Bonchev–Trinajstić information content (AvgIpc) is 2.52. The van der Waals surface area contributed by atoms with E-state index in [1.54, 1.807) is 17.1 Å². The summed E-state index contributed by atoms with van der Waals surface area (Å²) >= 11 is 0. The Hall–Kier alpha value is -1.16. The second kappa shape index (κ2) is 4.91. The van der Waals surface area contributed by atoms with Crippen molar-refractivity contribution >= 4 is 5.91 Å². The van der Waals surface area contributed by atoms with E-state index in [1.807, 2.05) is 13.8 Å². The molecular formula is C10H17N3O. The highest BCUT2D eigenvalue weighted by atomic mass is 16.2. The number of carbonyl (C=O) groups excluding carboxylic acids is 1. The van der Waals surface area contributed by atoms with Gasteiger partial charge in [0.05, 0.1) is 5.69 Å². The van der Waals surface area contributed by atoms with Crippen LogP contribution in [0.3, 0.4) is 0 Å². The van der Waals surface area contributed by atoms with Crippen LogP contribution in [0.4, 0.5) is 0 Å². The minimum absolute atomic E-state index is 0.0933. The van der Waals surface area contributed by atoms with E-state index in [9.17, 15) is 4.79 Å². The lowest BCUT2D eigenvalue weighted by Crippen LogP contribution is -2.11. The Morgan fingerprint density at radius 1 is 1.64 bits per heavy atom. The topological polar surface area (TPSA) is 60.9 Å². The maximum absolute atomic E-state index is 11.6. The van der Waals surface area contributed by atoms with Gasteiger partial charge in [-0.3, -0.25) is 9.36 Å². The van der Waals surface area contributed by atoms with Crippen LogP contribution in [0.5, 0.6) is 0 Å². The first-order chi connectivity index (χ1) is 6.63. The molecule has 0 bridgehead atoms. The maximum atomic E-state index is 11.6. The van der Waals surface area contributed by atoms with Gasteiger partial charge in [-0.25, -0.2) is 4.98 Å². The molecule has 4 nitrogen and oxygen atoms in total. The smallest absolute Gasteiger partial charge is 0.232 e. The molecule has 0 amide bonds. The summed E-state index contributed by atoms with van der Waals surface area (Å²) in [6.07, 6.45) is 4.60. The van der Waals surface area contributed by atoms with Gasteiger partial charge in [0, 0.05) is 19.0 Å². The van der Waals surface area contributed by atoms with E-state index in [4.69, 9.17) is 5.73 Å². The van der Waals surface area contributed by atoms with Gasteiger partial charge in [0.2, 0.25) is 5.91 Å². The van der Waals surface area contributed by atoms with Gasteiger partial charge in [-0.1, -0.05) is 13.8 Å². The summed E-state index contributed by atoms with van der Waals surface area (Å²) in [6.45, 7) is 4.61. The Labute approximate surface area is 84.1 Å². The van der Waals surface area contributed by atoms with Crippen LogP contribution in [-0.4, -0.2) is 22.0 Å². The van der Waals surface area contributed by atoms with Crippen LogP contribution >= 0.6 is 0 Å². The molecule has 1 aromatic heterocycles. The number of hydrogen-bond acceptors (Lipinski definition) is 3. The van der Waals surface area contributed by atoms with E-state index in [2.05, 4.69) is 4.98 Å². The third kappa shape index (κ3) is 2.96. The fourth-order valence-electron chi connectivity index (χ4n) is 1.23. The summed E-state index contributed by atoms with van der Waals surface area (Å²) in [4.78, 5) is 15.7. The molecule has 4 heteroatoms. The van der Waals surface area contributed by atoms with Crippen LogP contribution in [0.15, 0.2) is 12.5 Å². The predicted octanol–water partition coefficient (Wildman–Crippen LogP) is 1.07. The largest absolute Gasteiger partial charge is 0.330 e. The molecule has 0 spiro atoms. The van der Waals surface area contributed by atoms with Gasteiger partial charge in [-0.15, -0.1) is 0 Å². The van der Waals surface area contributed by atoms with E-state index < -0.39 is 0 Å². The highest BCUT2D eigenvalue weighted by molar-refractivity contribution is 5.78. The molecular weight excluding hydrogens is 178 g/mol. The first kappa shape index (κ1) is 10.9. The van der Waals surface area contributed by atoms with E-state index in [0.717, 1.165) is 12.1 Å². The molecule has 0 aliphatic carbocycles. The molecule has 1 rings (SSSR count). The Bertz CT molecular complexity index is 304. The second-order valence-corrected chi connectivity index (χ2v) is 3.80. The van der Waals surface area contributed by atoms with E-state index >= 15 is 0 Å². The molecule has 1 heterocycles. The van der Waals surface area contributed by atoms with Crippen molar-refractivity contribution in [2.75, 3.05) is 6.54 Å². The lowest BCUT2D eigenvalue weighted by molar-refractivity contribution is 0.0886. The first-order valence-electron chi connectivity index (χ1n) is 4.89. The number of rotatable bonds is 4. The third-order valence-corrected chi connectivity index (χ3v) is 1.91. The first-order valence-corrected chi connectivity index (χ1v) is 4.89. The summed E-state index contributed by atoms with van der Waals surface area (Å²) in [5.74, 6) is 0.471. The molecule has 0 atom stereocenters. The quantitative estimate of drug-likeness (QED) is 0.781. The van der Waals surface area contributed by atoms with Crippen molar-refractivity contribution in [2.45, 2.75) is 26.7 Å². The van der Waals surface area contributed by atoms with E-state index in [-0.39, 0.29) is 5.91 Å². The molecule has 0 aliphatic heterocycles. The van der Waals surface area contributed by atoms with Crippen LogP contribution in [0.1, 0.15) is 30.8 Å². The average molecular weight is 195 g/mol. The standard InChI is InChI=1S/C10H17N3O/c1-8(2)5-10(14)13-6-9(3-4-11)12-7-13/h6-8H,3-5,11H2,1-2H3. The van der Waals surface area contributed by atoms with Crippen LogP contribution in [0.25, 0.3) is 0 Å². The summed E-state index contributed by atoms with van der Waals surface area (Å²) in [5, 5.41) is 0. The van der Waals surface area contributed by atoms with Crippen molar-refractivity contribution < 1.29 is 4.79 Å². The zero-order valence-corrected chi connectivity index (χ0v) is 8.73. The highest BCUT2D eigenvalue weighted by Gasteiger charge is 2.08. The number of nitrogens with zero attached hydrogens (tertiary/aromatic N) is 2. The molecule has 0 aliphatic rings. The minimum atomic E-state index is 0.0933. The minimum Gasteiger partial charge on any atom is -0.330 e. The highest BCUT2D eigenvalue weighted by Crippen LogP contribution is 2.04. The molecule has 78 valence electrons. The predicted molar refractivity (Wildman–Crippen MR) is 55.1 cm³/mol. The van der Waals surface area contributed by atoms with Crippen LogP contribution < -0.4 is 5.73 Å². The Morgan fingerprint density at radius 2 is 2.36 bits per heavy atom. The molecule has 1 aromatic rings. The summed E-state index contributed by atoms with van der Waals surface area (Å²) in [6, 6.07) is 0. The lowest BCUT2D eigenvalue weighted by atomic mass is 10.1. The second-order valence-electron chi connectivity index (χ2n) is 3.80. The summed E-state index contributed by atoms with van der Waals surface area (Å²) < 4.78 is 1.55. The molecule has 0 saturated carbocycles. The van der Waals surface area contributed by atoms with Crippen molar-refractivity contribution in [3.63, 3.8) is 0 Å². The zero-order chi connectivity index (χ0) is 10.6. The van der Waals surface area contributed by atoms with Crippen molar-refractivity contribution in [3.8, 4) is 0 Å². The lowest BCUT2D eigenvalue weighted by Gasteiger charge is -2.02. The van der Waals surface area contributed by atoms with Gasteiger partial charge in [0.25, 0.3) is 0 Å². The monoisotopic (exact) mass is 195 g/mol. The van der Waals surface area contributed by atoms with Gasteiger partial charge in [0.15, 0.2) is 0 Å². The number of imidazole rings is 1. The SMILES string of the molecule is CC(C)CC(=O)n1cnc(CCN)c1. The fourth-order valence-corrected chi connectivity index (χ4v) is 1.23. The van der Waals surface area contributed by atoms with Crippen LogP contribution in [0.2, 0.25) is 0 Å². The Morgan fingerprint density at radius 3 is 2.93 bits per heavy atom. The van der Waals surface area contributed by atoms with Gasteiger partial charge in [0.1, 0.15) is 6.33 Å². The van der Waals surface area contributed by atoms with Crippen molar-refractivity contribution in [1.29, 1.82) is 0 Å².